The maximum Gasteiger partial charge on any atom is 0.276 e. The van der Waals surface area contributed by atoms with Gasteiger partial charge in [-0.15, -0.1) is 0 Å². The Hall–Kier alpha value is -1.46. The van der Waals surface area contributed by atoms with Gasteiger partial charge in [0.05, 0.1) is 12.6 Å². The molecular weight excluding hydrogens is 182 g/mol. The molecule has 0 spiro atoms. The van der Waals surface area contributed by atoms with E-state index in [4.69, 9.17) is 5.26 Å². The summed E-state index contributed by atoms with van der Waals surface area (Å²) in [4.78, 5) is 3.41. The highest BCUT2D eigenvalue weighted by atomic mass is 32.2. The third-order valence-electron chi connectivity index (χ3n) is 0.989. The highest BCUT2D eigenvalue weighted by Gasteiger charge is 2.15. The quantitative estimate of drug-likeness (QED) is 0.565. The molecular formula is C4H5N5O2S. The lowest BCUT2D eigenvalue weighted by Gasteiger charge is -1.96. The lowest BCUT2D eigenvalue weighted by atomic mass is 10.8. The number of hydrogen-bond acceptors (Lipinski definition) is 5. The zero-order valence-corrected chi connectivity index (χ0v) is 6.67. The predicted molar refractivity (Wildman–Crippen MR) is 37.2 cm³/mol. The Morgan fingerprint density at radius 1 is 1.75 bits per heavy atom. The van der Waals surface area contributed by atoms with Crippen LogP contribution in [0.3, 0.4) is 0 Å². The van der Waals surface area contributed by atoms with E-state index in [1.165, 1.54) is 0 Å². The first-order valence-electron chi connectivity index (χ1n) is 2.89. The van der Waals surface area contributed by atoms with Gasteiger partial charge in [-0.25, -0.2) is 18.5 Å². The molecule has 0 bridgehead atoms. The van der Waals surface area contributed by atoms with Crippen LogP contribution in [-0.4, -0.2) is 30.1 Å². The van der Waals surface area contributed by atoms with E-state index < -0.39 is 10.0 Å². The molecule has 64 valence electrons. The molecule has 0 saturated heterocycles. The number of nitrogens with one attached hydrogen (secondary N) is 2. The number of hydrogen-bond donors (Lipinski definition) is 2. The summed E-state index contributed by atoms with van der Waals surface area (Å²) in [5.41, 5.74) is 0. The van der Waals surface area contributed by atoms with Gasteiger partial charge in [0.25, 0.3) is 15.2 Å². The van der Waals surface area contributed by atoms with Crippen LogP contribution in [0.4, 0.5) is 0 Å². The van der Waals surface area contributed by atoms with Gasteiger partial charge in [-0.3, -0.25) is 0 Å². The van der Waals surface area contributed by atoms with Crippen LogP contribution in [0.25, 0.3) is 0 Å². The number of nitrogens with zero attached hydrogens (tertiary/aromatic N) is 3. The fraction of sp³-hybridized carbons (Fsp3) is 0.250. The van der Waals surface area contributed by atoms with E-state index in [-0.39, 0.29) is 11.7 Å². The number of aromatic nitrogens is 3. The first-order chi connectivity index (χ1) is 5.67. The van der Waals surface area contributed by atoms with Crippen molar-refractivity contribution in [1.29, 1.82) is 5.26 Å². The van der Waals surface area contributed by atoms with Crippen molar-refractivity contribution in [3.05, 3.63) is 6.33 Å². The van der Waals surface area contributed by atoms with Crippen LogP contribution in [0.5, 0.6) is 0 Å². The van der Waals surface area contributed by atoms with E-state index in [2.05, 4.69) is 15.2 Å². The first-order valence-corrected chi connectivity index (χ1v) is 4.37. The predicted octanol–water partition coefficient (Wildman–Crippen LogP) is -1.39. The van der Waals surface area contributed by atoms with Crippen molar-refractivity contribution in [2.75, 3.05) is 6.54 Å². The topological polar surface area (TPSA) is 112 Å². The van der Waals surface area contributed by atoms with Gasteiger partial charge < -0.3 is 0 Å². The van der Waals surface area contributed by atoms with Crippen LogP contribution in [0.1, 0.15) is 0 Å². The summed E-state index contributed by atoms with van der Waals surface area (Å²) >= 11 is 0. The Kier molecular flexibility index (Phi) is 2.37. The normalized spacial score (nSPS) is 10.9. The van der Waals surface area contributed by atoms with Gasteiger partial charge >= 0.3 is 0 Å². The molecule has 0 aromatic carbocycles. The fourth-order valence-electron chi connectivity index (χ4n) is 0.519. The molecule has 2 N–H and O–H groups in total. The molecule has 0 aliphatic rings. The maximum atomic E-state index is 11.1. The van der Waals surface area contributed by atoms with Crippen LogP contribution in [0.15, 0.2) is 11.5 Å². The molecule has 0 aliphatic heterocycles. The second-order valence-electron chi connectivity index (χ2n) is 1.77. The molecule has 12 heavy (non-hydrogen) atoms. The Bertz CT molecular complexity index is 374. The standard InChI is InChI=1S/C4H5N5O2S/c5-1-2-8-12(10,11)4-6-3-7-9-4/h3,8H,2H2,(H,6,7,9). The molecule has 0 radical (unpaired) electrons. The number of rotatable bonds is 3. The number of sulfonamides is 1. The van der Waals surface area contributed by atoms with Crippen molar-refractivity contribution in [2.24, 2.45) is 0 Å². The lowest BCUT2D eigenvalue weighted by molar-refractivity contribution is 0.577. The second kappa shape index (κ2) is 3.29. The van der Waals surface area contributed by atoms with Crippen LogP contribution in [0, 0.1) is 11.3 Å². The van der Waals surface area contributed by atoms with Gasteiger partial charge in [0.1, 0.15) is 6.33 Å². The molecule has 1 rings (SSSR count). The Labute approximate surface area is 68.5 Å². The van der Waals surface area contributed by atoms with E-state index >= 15 is 0 Å². The molecule has 1 aromatic rings. The molecule has 1 heterocycles. The Balaban J connectivity index is 2.83. The average molecular weight is 187 g/mol. The Morgan fingerprint density at radius 2 is 2.50 bits per heavy atom. The van der Waals surface area contributed by atoms with Crippen molar-refractivity contribution in [2.45, 2.75) is 5.16 Å². The molecule has 1 aromatic heterocycles. The Morgan fingerprint density at radius 3 is 3.00 bits per heavy atom. The lowest BCUT2D eigenvalue weighted by Crippen LogP contribution is -2.24. The van der Waals surface area contributed by atoms with Crippen LogP contribution in [-0.2, 0) is 10.0 Å². The molecule has 7 nitrogen and oxygen atoms in total. The SMILES string of the molecule is N#CCNS(=O)(=O)c1ncn[nH]1. The largest absolute Gasteiger partial charge is 0.276 e. The van der Waals surface area contributed by atoms with E-state index in [9.17, 15) is 8.42 Å². The summed E-state index contributed by atoms with van der Waals surface area (Å²) in [6, 6.07) is 1.63. The molecule has 0 amide bonds. The van der Waals surface area contributed by atoms with Crippen molar-refractivity contribution < 1.29 is 8.42 Å². The summed E-state index contributed by atoms with van der Waals surface area (Å²) in [5, 5.41) is 13.3. The van der Waals surface area contributed by atoms with E-state index in [0.717, 1.165) is 6.33 Å². The molecule has 0 unspecified atom stereocenters. The van der Waals surface area contributed by atoms with Crippen molar-refractivity contribution in [3.8, 4) is 6.07 Å². The summed E-state index contributed by atoms with van der Waals surface area (Å²) in [5.74, 6) is 0. The molecule has 0 fully saturated rings. The molecule has 0 saturated carbocycles. The maximum absolute atomic E-state index is 11.1. The second-order valence-corrected chi connectivity index (χ2v) is 3.46. The summed E-state index contributed by atoms with van der Waals surface area (Å²) in [6.45, 7) is -0.289. The highest BCUT2D eigenvalue weighted by molar-refractivity contribution is 7.89. The van der Waals surface area contributed by atoms with Crippen LogP contribution < -0.4 is 4.72 Å². The smallest absolute Gasteiger partial charge is 0.249 e. The summed E-state index contributed by atoms with van der Waals surface area (Å²) in [7, 11) is -3.68. The van der Waals surface area contributed by atoms with Crippen molar-refractivity contribution in [3.63, 3.8) is 0 Å². The fourth-order valence-corrected chi connectivity index (χ4v) is 1.27. The monoisotopic (exact) mass is 187 g/mol. The van der Waals surface area contributed by atoms with Crippen LogP contribution in [0.2, 0.25) is 0 Å². The van der Waals surface area contributed by atoms with Gasteiger partial charge in [0.15, 0.2) is 0 Å². The zero-order valence-electron chi connectivity index (χ0n) is 5.85. The zero-order chi connectivity index (χ0) is 9.03. The van der Waals surface area contributed by atoms with Crippen molar-refractivity contribution in [1.82, 2.24) is 19.9 Å². The number of aromatic amines is 1. The van der Waals surface area contributed by atoms with Gasteiger partial charge in [-0.05, 0) is 0 Å². The average Bonchev–Trinajstić information content (AvgIpc) is 2.53. The van der Waals surface area contributed by atoms with E-state index in [1.807, 2.05) is 4.72 Å². The summed E-state index contributed by atoms with van der Waals surface area (Å²) in [6.07, 6.45) is 1.07. The van der Waals surface area contributed by atoms with Gasteiger partial charge in [0.2, 0.25) is 0 Å². The van der Waals surface area contributed by atoms with E-state index in [0.29, 0.717) is 0 Å². The molecule has 0 aliphatic carbocycles. The number of H-pyrrole nitrogens is 1. The third-order valence-corrected chi connectivity index (χ3v) is 2.22. The minimum Gasteiger partial charge on any atom is -0.249 e. The third kappa shape index (κ3) is 1.77. The minimum absolute atomic E-state index is 0.289. The first kappa shape index (κ1) is 8.63. The summed E-state index contributed by atoms with van der Waals surface area (Å²) < 4.78 is 24.1. The molecule has 8 heteroatoms. The van der Waals surface area contributed by atoms with Gasteiger partial charge in [-0.2, -0.15) is 15.1 Å². The van der Waals surface area contributed by atoms with Gasteiger partial charge in [-0.1, -0.05) is 0 Å². The highest BCUT2D eigenvalue weighted by Crippen LogP contribution is 1.95. The number of nitriles is 1. The van der Waals surface area contributed by atoms with E-state index in [1.54, 1.807) is 6.07 Å². The van der Waals surface area contributed by atoms with Gasteiger partial charge in [0, 0.05) is 0 Å². The van der Waals surface area contributed by atoms with Crippen LogP contribution >= 0.6 is 0 Å². The minimum atomic E-state index is -3.68. The van der Waals surface area contributed by atoms with Crippen molar-refractivity contribution >= 4 is 10.0 Å². The molecule has 0 atom stereocenters.